The first kappa shape index (κ1) is 15.1. The van der Waals surface area contributed by atoms with Crippen molar-refractivity contribution in [3.8, 4) is 0 Å². The van der Waals surface area contributed by atoms with Gasteiger partial charge in [0, 0.05) is 11.5 Å². The number of aromatic nitrogens is 2. The Morgan fingerprint density at radius 3 is 2.30 bits per heavy atom. The summed E-state index contributed by atoms with van der Waals surface area (Å²) in [6.07, 6.45) is 0.829. The maximum atomic E-state index is 6.40. The zero-order chi connectivity index (χ0) is 14.9. The minimum absolute atomic E-state index is 0.0114. The number of benzene rings is 1. The molecule has 0 aliphatic heterocycles. The Labute approximate surface area is 125 Å². The van der Waals surface area contributed by atoms with Crippen LogP contribution in [0.1, 0.15) is 54.1 Å². The van der Waals surface area contributed by atoms with E-state index in [1.165, 1.54) is 28.2 Å². The number of hydrogen-bond donors (Lipinski definition) is 1. The number of aryl methyl sites for hydroxylation is 2. The van der Waals surface area contributed by atoms with Gasteiger partial charge in [-0.2, -0.15) is 0 Å². The summed E-state index contributed by atoms with van der Waals surface area (Å²) in [6, 6.07) is 6.56. The van der Waals surface area contributed by atoms with Crippen molar-refractivity contribution in [1.29, 1.82) is 0 Å². The maximum absolute atomic E-state index is 6.40. The van der Waals surface area contributed by atoms with Gasteiger partial charge < -0.3 is 5.73 Å². The fourth-order valence-corrected chi connectivity index (χ4v) is 3.36. The van der Waals surface area contributed by atoms with Gasteiger partial charge in [-0.15, -0.1) is 5.10 Å². The van der Waals surface area contributed by atoms with Crippen LogP contribution >= 0.6 is 11.5 Å². The van der Waals surface area contributed by atoms with Gasteiger partial charge in [0.25, 0.3) is 0 Å². The summed E-state index contributed by atoms with van der Waals surface area (Å²) in [5.41, 5.74) is 11.3. The normalized spacial score (nSPS) is 13.5. The average Bonchev–Trinajstić information content (AvgIpc) is 2.75. The van der Waals surface area contributed by atoms with Crippen molar-refractivity contribution in [2.75, 3.05) is 0 Å². The molecule has 1 heterocycles. The molecule has 0 saturated carbocycles. The van der Waals surface area contributed by atoms with E-state index in [0.29, 0.717) is 0 Å². The second-order valence-corrected chi connectivity index (χ2v) is 7.33. The summed E-state index contributed by atoms with van der Waals surface area (Å²) in [7, 11) is 0. The third-order valence-corrected chi connectivity index (χ3v) is 4.15. The van der Waals surface area contributed by atoms with E-state index in [9.17, 15) is 0 Å². The van der Waals surface area contributed by atoms with Crippen molar-refractivity contribution in [1.82, 2.24) is 9.59 Å². The highest BCUT2D eigenvalue weighted by Crippen LogP contribution is 2.31. The smallest absolute Gasteiger partial charge is 0.0857 e. The molecule has 3 nitrogen and oxygen atoms in total. The van der Waals surface area contributed by atoms with E-state index in [1.54, 1.807) is 0 Å². The topological polar surface area (TPSA) is 51.8 Å². The highest BCUT2D eigenvalue weighted by Gasteiger charge is 2.25. The van der Waals surface area contributed by atoms with Crippen molar-refractivity contribution >= 4 is 11.5 Å². The Hall–Kier alpha value is -1.26. The SMILES string of the molecule is Cc1cc(C)cc(CC(N)c2snnc2C(C)(C)C)c1. The molecular formula is C16H23N3S. The highest BCUT2D eigenvalue weighted by atomic mass is 32.1. The van der Waals surface area contributed by atoms with E-state index in [0.717, 1.165) is 17.0 Å². The van der Waals surface area contributed by atoms with Crippen LogP contribution in [0.25, 0.3) is 0 Å². The van der Waals surface area contributed by atoms with Gasteiger partial charge in [-0.3, -0.25) is 0 Å². The van der Waals surface area contributed by atoms with E-state index in [4.69, 9.17) is 5.73 Å². The summed E-state index contributed by atoms with van der Waals surface area (Å²) < 4.78 is 4.10. The number of nitrogens with two attached hydrogens (primary N) is 1. The molecule has 0 bridgehead atoms. The van der Waals surface area contributed by atoms with E-state index < -0.39 is 0 Å². The molecule has 108 valence electrons. The molecule has 20 heavy (non-hydrogen) atoms. The van der Waals surface area contributed by atoms with Gasteiger partial charge in [-0.1, -0.05) is 54.6 Å². The lowest BCUT2D eigenvalue weighted by molar-refractivity contribution is 0.550. The molecule has 0 fully saturated rings. The van der Waals surface area contributed by atoms with Gasteiger partial charge in [0.15, 0.2) is 0 Å². The maximum Gasteiger partial charge on any atom is 0.0857 e. The number of rotatable bonds is 3. The lowest BCUT2D eigenvalue weighted by atomic mass is 9.89. The van der Waals surface area contributed by atoms with Crippen molar-refractivity contribution < 1.29 is 0 Å². The van der Waals surface area contributed by atoms with Crippen LogP contribution in [-0.2, 0) is 11.8 Å². The number of hydrogen-bond acceptors (Lipinski definition) is 4. The van der Waals surface area contributed by atoms with Crippen LogP contribution in [0.15, 0.2) is 18.2 Å². The molecule has 0 radical (unpaired) electrons. The first-order chi connectivity index (χ1) is 9.27. The summed E-state index contributed by atoms with van der Waals surface area (Å²) in [6.45, 7) is 10.7. The molecule has 1 unspecified atom stereocenters. The molecule has 0 amide bonds. The fourth-order valence-electron chi connectivity index (χ4n) is 2.49. The van der Waals surface area contributed by atoms with Crippen molar-refractivity contribution in [2.45, 2.75) is 52.5 Å². The summed E-state index contributed by atoms with van der Waals surface area (Å²) in [5, 5.41) is 4.27. The first-order valence-corrected chi connectivity index (χ1v) is 7.70. The molecule has 1 aromatic heterocycles. The largest absolute Gasteiger partial charge is 0.323 e. The summed E-state index contributed by atoms with van der Waals surface area (Å²) in [4.78, 5) is 1.11. The molecule has 0 saturated heterocycles. The van der Waals surface area contributed by atoms with Gasteiger partial charge in [0.2, 0.25) is 0 Å². The zero-order valence-electron chi connectivity index (χ0n) is 12.9. The molecule has 4 heteroatoms. The van der Waals surface area contributed by atoms with Crippen LogP contribution in [0.3, 0.4) is 0 Å². The van der Waals surface area contributed by atoms with Crippen LogP contribution in [0, 0.1) is 13.8 Å². The lowest BCUT2D eigenvalue weighted by Gasteiger charge is -2.19. The molecule has 2 N–H and O–H groups in total. The van der Waals surface area contributed by atoms with Crippen LogP contribution < -0.4 is 5.73 Å². The van der Waals surface area contributed by atoms with Crippen LogP contribution in [0.5, 0.6) is 0 Å². The monoisotopic (exact) mass is 289 g/mol. The summed E-state index contributed by atoms with van der Waals surface area (Å²) in [5.74, 6) is 0. The standard InChI is InChI=1S/C16H23N3S/c1-10-6-11(2)8-12(7-10)9-13(17)14-15(16(3,4)5)18-19-20-14/h6-8,13H,9,17H2,1-5H3. The summed E-state index contributed by atoms with van der Waals surface area (Å²) >= 11 is 1.43. The fraction of sp³-hybridized carbons (Fsp3) is 0.500. The molecule has 1 aromatic carbocycles. The van der Waals surface area contributed by atoms with Gasteiger partial charge in [-0.25, -0.2) is 0 Å². The van der Waals surface area contributed by atoms with Crippen molar-refractivity contribution in [3.05, 3.63) is 45.5 Å². The quantitative estimate of drug-likeness (QED) is 0.937. The molecule has 0 spiro atoms. The molecule has 0 aliphatic rings. The molecule has 2 aromatic rings. The second kappa shape index (κ2) is 5.62. The molecular weight excluding hydrogens is 266 g/mol. The molecule has 0 aliphatic carbocycles. The Kier molecular flexibility index (Phi) is 4.25. The second-order valence-electron chi connectivity index (χ2n) is 6.54. The molecule has 1 atom stereocenters. The van der Waals surface area contributed by atoms with Crippen molar-refractivity contribution in [2.24, 2.45) is 5.73 Å². The predicted molar refractivity (Wildman–Crippen MR) is 85.2 cm³/mol. The third-order valence-electron chi connectivity index (χ3n) is 3.30. The minimum Gasteiger partial charge on any atom is -0.323 e. The number of nitrogens with zero attached hydrogens (tertiary/aromatic N) is 2. The van der Waals surface area contributed by atoms with Crippen LogP contribution in [0.2, 0.25) is 0 Å². The molecule has 2 rings (SSSR count). The van der Waals surface area contributed by atoms with E-state index in [2.05, 4.69) is 62.4 Å². The van der Waals surface area contributed by atoms with Gasteiger partial charge in [-0.05, 0) is 37.4 Å². The highest BCUT2D eigenvalue weighted by molar-refractivity contribution is 7.05. The first-order valence-electron chi connectivity index (χ1n) is 6.93. The minimum atomic E-state index is -0.0366. The van der Waals surface area contributed by atoms with Gasteiger partial charge >= 0.3 is 0 Å². The lowest BCUT2D eigenvalue weighted by Crippen LogP contribution is -2.20. The van der Waals surface area contributed by atoms with E-state index >= 15 is 0 Å². The Bertz CT molecular complexity index is 576. The van der Waals surface area contributed by atoms with E-state index in [-0.39, 0.29) is 11.5 Å². The average molecular weight is 289 g/mol. The Morgan fingerprint density at radius 2 is 1.75 bits per heavy atom. The van der Waals surface area contributed by atoms with E-state index in [1.807, 2.05) is 0 Å². The van der Waals surface area contributed by atoms with Gasteiger partial charge in [0.1, 0.15) is 0 Å². The Morgan fingerprint density at radius 1 is 1.15 bits per heavy atom. The van der Waals surface area contributed by atoms with Crippen molar-refractivity contribution in [3.63, 3.8) is 0 Å². The third kappa shape index (κ3) is 3.44. The van der Waals surface area contributed by atoms with Crippen LogP contribution in [-0.4, -0.2) is 9.59 Å². The predicted octanol–water partition coefficient (Wildman–Crippen LogP) is 3.69. The Balaban J connectivity index is 2.24. The zero-order valence-corrected chi connectivity index (χ0v) is 13.7. The van der Waals surface area contributed by atoms with Crippen LogP contribution in [0.4, 0.5) is 0 Å². The van der Waals surface area contributed by atoms with Gasteiger partial charge in [0.05, 0.1) is 10.6 Å².